The molecule has 2 rings (SSSR count). The Morgan fingerprint density at radius 3 is 2.77 bits per heavy atom. The van der Waals surface area contributed by atoms with Gasteiger partial charge in [0.1, 0.15) is 11.1 Å². The number of carbonyl (C=O) groups excluding carboxylic acids is 1. The third-order valence-corrected chi connectivity index (χ3v) is 7.15. The van der Waals surface area contributed by atoms with Gasteiger partial charge in [-0.05, 0) is 16.0 Å². The standard InChI is InChI=1S/C15H19N7O6S3/c1-22-14(19-20-21-22)31-6-8-5-30-12(17-10(8)11(24)25)15(28-2,13(26)27)18-9(23)7-29-4-3-16/h12,17H,4-7H2,1-2H3,(H,18,23)(H,24,25)(H,26,27)/t12-,15-/m0/s1. The normalized spacial score (nSPS) is 17.9. The summed E-state index contributed by atoms with van der Waals surface area (Å²) in [7, 11) is 2.76. The summed E-state index contributed by atoms with van der Waals surface area (Å²) >= 11 is 3.32. The molecule has 1 aliphatic heterocycles. The Morgan fingerprint density at radius 2 is 2.23 bits per heavy atom. The summed E-state index contributed by atoms with van der Waals surface area (Å²) in [6.45, 7) is 0. The van der Waals surface area contributed by atoms with E-state index in [1.165, 1.54) is 16.4 Å². The summed E-state index contributed by atoms with van der Waals surface area (Å²) in [5, 5.41) is 43.4. The average molecular weight is 490 g/mol. The van der Waals surface area contributed by atoms with Crippen LogP contribution in [-0.2, 0) is 26.2 Å². The fraction of sp³-hybridized carbons (Fsp3) is 0.533. The third-order valence-electron chi connectivity index (χ3n) is 3.96. The summed E-state index contributed by atoms with van der Waals surface area (Å²) in [5.74, 6) is -3.09. The number of aliphatic carboxylic acids is 2. The van der Waals surface area contributed by atoms with Gasteiger partial charge in [-0.2, -0.15) is 5.26 Å². The molecule has 1 amide bonds. The maximum absolute atomic E-state index is 12.2. The maximum atomic E-state index is 12.2. The number of thioether (sulfide) groups is 3. The van der Waals surface area contributed by atoms with Crippen molar-refractivity contribution < 1.29 is 29.3 Å². The molecule has 168 valence electrons. The largest absolute Gasteiger partial charge is 0.478 e. The molecule has 0 saturated heterocycles. The van der Waals surface area contributed by atoms with E-state index in [0.29, 0.717) is 10.7 Å². The van der Waals surface area contributed by atoms with Crippen LogP contribution in [0.2, 0.25) is 0 Å². The van der Waals surface area contributed by atoms with Gasteiger partial charge in [-0.1, -0.05) is 11.8 Å². The first kappa shape index (κ1) is 24.8. The van der Waals surface area contributed by atoms with Crippen LogP contribution in [0.3, 0.4) is 0 Å². The number of methoxy groups -OCH3 is 1. The minimum atomic E-state index is -2.22. The molecule has 2 heterocycles. The lowest BCUT2D eigenvalue weighted by molar-refractivity contribution is -0.170. The van der Waals surface area contributed by atoms with E-state index in [2.05, 4.69) is 26.2 Å². The zero-order valence-corrected chi connectivity index (χ0v) is 18.8. The zero-order chi connectivity index (χ0) is 23.0. The molecule has 31 heavy (non-hydrogen) atoms. The van der Waals surface area contributed by atoms with Gasteiger partial charge < -0.3 is 25.6 Å². The molecule has 1 aliphatic rings. The van der Waals surface area contributed by atoms with Gasteiger partial charge in [0.2, 0.25) is 11.1 Å². The maximum Gasteiger partial charge on any atom is 0.360 e. The van der Waals surface area contributed by atoms with Crippen LogP contribution in [0, 0.1) is 11.3 Å². The molecule has 4 N–H and O–H groups in total. The highest BCUT2D eigenvalue weighted by molar-refractivity contribution is 8.01. The topological polar surface area (TPSA) is 192 Å². The summed E-state index contributed by atoms with van der Waals surface area (Å²) in [6.07, 6.45) is 0. The number of hydrogen-bond donors (Lipinski definition) is 4. The average Bonchev–Trinajstić information content (AvgIpc) is 3.15. The summed E-state index contributed by atoms with van der Waals surface area (Å²) in [5.41, 5.74) is -1.89. The van der Waals surface area contributed by atoms with Gasteiger partial charge in [-0.15, -0.1) is 28.6 Å². The first-order valence-corrected chi connectivity index (χ1v) is 11.7. The quantitative estimate of drug-likeness (QED) is 0.170. The van der Waals surface area contributed by atoms with E-state index in [1.54, 1.807) is 7.05 Å². The van der Waals surface area contributed by atoms with Crippen molar-refractivity contribution in [1.29, 1.82) is 5.26 Å². The number of nitrogens with zero attached hydrogens (tertiary/aromatic N) is 5. The number of hydrogen-bond acceptors (Lipinski definition) is 12. The number of aryl methyl sites for hydroxylation is 1. The molecule has 0 fully saturated rings. The van der Waals surface area contributed by atoms with Crippen LogP contribution in [0.15, 0.2) is 16.4 Å². The smallest absolute Gasteiger partial charge is 0.360 e. The molecule has 0 radical (unpaired) electrons. The van der Waals surface area contributed by atoms with Gasteiger partial charge in [0.05, 0.1) is 17.6 Å². The Kier molecular flexibility index (Phi) is 8.98. The minimum Gasteiger partial charge on any atom is -0.478 e. The van der Waals surface area contributed by atoms with Gasteiger partial charge in [-0.25, -0.2) is 14.3 Å². The molecule has 2 atom stereocenters. The van der Waals surface area contributed by atoms with Crippen LogP contribution >= 0.6 is 35.3 Å². The van der Waals surface area contributed by atoms with E-state index in [-0.39, 0.29) is 28.7 Å². The Balaban J connectivity index is 2.21. The Bertz CT molecular complexity index is 917. The number of carboxylic acid groups (broad SMARTS) is 2. The van der Waals surface area contributed by atoms with E-state index in [0.717, 1.165) is 30.6 Å². The molecule has 1 aromatic heterocycles. The predicted molar refractivity (Wildman–Crippen MR) is 112 cm³/mol. The summed E-state index contributed by atoms with van der Waals surface area (Å²) in [4.78, 5) is 36.1. The number of aromatic nitrogens is 4. The number of carboxylic acids is 2. The molecule has 13 nitrogen and oxygen atoms in total. The molecule has 1 aromatic rings. The summed E-state index contributed by atoms with van der Waals surface area (Å²) < 4.78 is 6.62. The first-order chi connectivity index (χ1) is 14.7. The van der Waals surface area contributed by atoms with E-state index in [9.17, 15) is 24.6 Å². The van der Waals surface area contributed by atoms with E-state index in [4.69, 9.17) is 10.00 Å². The Morgan fingerprint density at radius 1 is 1.48 bits per heavy atom. The lowest BCUT2D eigenvalue weighted by Gasteiger charge is -2.39. The van der Waals surface area contributed by atoms with Crippen molar-refractivity contribution in [3.63, 3.8) is 0 Å². The molecule has 0 unspecified atom stereocenters. The van der Waals surface area contributed by atoms with E-state index in [1.807, 2.05) is 6.07 Å². The number of ether oxygens (including phenoxy) is 1. The van der Waals surface area contributed by atoms with Gasteiger partial charge in [-0.3, -0.25) is 4.79 Å². The molecular formula is C15H19N7O6S3. The molecule has 0 aliphatic carbocycles. The molecule has 0 aromatic carbocycles. The number of nitriles is 1. The van der Waals surface area contributed by atoms with Crippen molar-refractivity contribution in [3.05, 3.63) is 11.3 Å². The molecule has 16 heteroatoms. The van der Waals surface area contributed by atoms with Crippen molar-refractivity contribution in [1.82, 2.24) is 30.8 Å². The highest BCUT2D eigenvalue weighted by Crippen LogP contribution is 2.33. The van der Waals surface area contributed by atoms with Gasteiger partial charge in [0.15, 0.2) is 0 Å². The van der Waals surface area contributed by atoms with E-state index >= 15 is 0 Å². The van der Waals surface area contributed by atoms with Crippen molar-refractivity contribution in [2.75, 3.05) is 30.1 Å². The van der Waals surface area contributed by atoms with Crippen molar-refractivity contribution >= 4 is 53.1 Å². The first-order valence-electron chi connectivity index (χ1n) is 8.48. The number of amides is 1. The highest BCUT2D eigenvalue weighted by Gasteiger charge is 2.50. The van der Waals surface area contributed by atoms with E-state index < -0.39 is 28.9 Å². The lowest BCUT2D eigenvalue weighted by atomic mass is 10.1. The highest BCUT2D eigenvalue weighted by atomic mass is 32.2. The second kappa shape index (κ2) is 11.2. The van der Waals surface area contributed by atoms with Crippen LogP contribution in [0.5, 0.6) is 0 Å². The van der Waals surface area contributed by atoms with Gasteiger partial charge >= 0.3 is 11.9 Å². The Hall–Kier alpha value is -2.48. The number of rotatable bonds is 11. The lowest BCUT2D eigenvalue weighted by Crippen LogP contribution is -2.67. The zero-order valence-electron chi connectivity index (χ0n) is 16.4. The minimum absolute atomic E-state index is 0.0604. The molecular weight excluding hydrogens is 470 g/mol. The van der Waals surface area contributed by atoms with Crippen LogP contribution in [0.25, 0.3) is 0 Å². The monoisotopic (exact) mass is 489 g/mol. The van der Waals surface area contributed by atoms with Gasteiger partial charge in [0, 0.05) is 25.7 Å². The van der Waals surface area contributed by atoms with Crippen LogP contribution in [-0.4, -0.2) is 89.5 Å². The van der Waals surface area contributed by atoms with Crippen LogP contribution < -0.4 is 10.6 Å². The number of carbonyl (C=O) groups is 3. The number of tetrazole rings is 1. The van der Waals surface area contributed by atoms with Gasteiger partial charge in [0.25, 0.3) is 5.72 Å². The second-order valence-electron chi connectivity index (χ2n) is 5.94. The predicted octanol–water partition coefficient (Wildman–Crippen LogP) is -0.896. The molecule has 0 saturated carbocycles. The second-order valence-corrected chi connectivity index (χ2v) is 8.96. The van der Waals surface area contributed by atoms with Crippen LogP contribution in [0.4, 0.5) is 0 Å². The van der Waals surface area contributed by atoms with Crippen molar-refractivity contribution in [3.8, 4) is 6.07 Å². The van der Waals surface area contributed by atoms with Crippen LogP contribution in [0.1, 0.15) is 0 Å². The third kappa shape index (κ3) is 6.03. The fourth-order valence-electron chi connectivity index (χ4n) is 2.48. The Labute approximate surface area is 189 Å². The fourth-order valence-corrected chi connectivity index (χ4v) is 5.23. The number of nitrogens with one attached hydrogen (secondary N) is 2. The van der Waals surface area contributed by atoms with Crippen molar-refractivity contribution in [2.45, 2.75) is 16.3 Å². The SMILES string of the molecule is CO[C@](NC(=O)CSCC#N)(C(=O)O)[C@H]1NC(C(=O)O)=C(CSc2nnnn2C)CS1. The molecule has 0 spiro atoms. The van der Waals surface area contributed by atoms with Crippen molar-refractivity contribution in [2.24, 2.45) is 7.05 Å². The molecule has 0 bridgehead atoms. The summed E-state index contributed by atoms with van der Waals surface area (Å²) in [6, 6.07) is 1.87.